The van der Waals surface area contributed by atoms with E-state index in [9.17, 15) is 65.9 Å². The lowest BCUT2D eigenvalue weighted by Gasteiger charge is -2.34. The number of carbonyl (C=O) groups excluding carboxylic acids is 11. The van der Waals surface area contributed by atoms with Crippen LogP contribution in [0.25, 0.3) is 0 Å². The quantitative estimate of drug-likeness (QED) is 0.251. The number of benzene rings is 2. The fourth-order valence-electron chi connectivity index (χ4n) is 8.98. The normalized spacial score (nSPS) is 21.9. The Labute approximate surface area is 493 Å². The zero-order valence-corrected chi connectivity index (χ0v) is 51.0. The highest BCUT2D eigenvalue weighted by Crippen LogP contribution is 2.31. The predicted molar refractivity (Wildman–Crippen MR) is 304 cm³/mol. The molecule has 2 aromatic carbocycles. The fraction of sp³-hybridized carbons (Fsp3) is 0.596. The first-order valence-corrected chi connectivity index (χ1v) is 28.1. The Balaban J connectivity index is 2.19. The van der Waals surface area contributed by atoms with Gasteiger partial charge in [0.15, 0.2) is 0 Å². The minimum atomic E-state index is -4.89. The van der Waals surface area contributed by atoms with E-state index in [1.54, 1.807) is 58.9 Å². The summed E-state index contributed by atoms with van der Waals surface area (Å²) in [6.45, 7) is 7.67. The van der Waals surface area contributed by atoms with Gasteiger partial charge in [0.25, 0.3) is 5.91 Å². The number of nitrogens with zero attached hydrogens (tertiary/aromatic N) is 8. The number of hydrogen-bond donors (Lipinski definition) is 3. The molecule has 2 aromatic rings. The van der Waals surface area contributed by atoms with Gasteiger partial charge in [-0.2, -0.15) is 13.2 Å². The molecule has 1 aliphatic rings. The van der Waals surface area contributed by atoms with E-state index in [0.29, 0.717) is 39.3 Å². The molecule has 0 aliphatic carbocycles. The number of amides is 13. The summed E-state index contributed by atoms with van der Waals surface area (Å²) in [5.41, 5.74) is -1.05. The SMILES string of the molecule is CCCCN1C(=O)[C@@H](CCc2ccc(C(F)(F)F)cc2F)NC(=O)CN(C)C(=O)[C@H](Cc2ccc(Cl)cc2)N(C)C(=O)CN(C)C(=O)CN(C)C(=O)[C@H]([C@@H](C)CC)NC(=O)[C@H](C)N(C)C(=O)CCNC(=O)[C@@H](CC(C)C)N(C)C(=O)N(C)C1=O. The van der Waals surface area contributed by atoms with E-state index < -0.39 is 151 Å². The van der Waals surface area contributed by atoms with Crippen molar-refractivity contribution >= 4 is 76.8 Å². The van der Waals surface area contributed by atoms with Gasteiger partial charge in [-0.15, -0.1) is 0 Å². The van der Waals surface area contributed by atoms with E-state index in [2.05, 4.69) is 16.0 Å². The molecule has 27 heteroatoms. The Bertz CT molecular complexity index is 2700. The van der Waals surface area contributed by atoms with Crippen molar-refractivity contribution in [1.82, 2.24) is 55.1 Å². The topological polar surface area (TPSA) is 250 Å². The Hall–Kier alpha value is -7.38. The average molecular weight is 1210 g/mol. The van der Waals surface area contributed by atoms with Gasteiger partial charge in [-0.1, -0.05) is 77.3 Å². The van der Waals surface area contributed by atoms with Gasteiger partial charge in [-0.3, -0.25) is 48.1 Å². The van der Waals surface area contributed by atoms with Crippen molar-refractivity contribution in [2.45, 2.75) is 129 Å². The molecular formula is C57H82ClF4N11O11. The van der Waals surface area contributed by atoms with Gasteiger partial charge in [0, 0.05) is 80.3 Å². The highest BCUT2D eigenvalue weighted by Gasteiger charge is 2.39. The minimum absolute atomic E-state index is 0.0514. The van der Waals surface area contributed by atoms with Crippen LogP contribution in [0.2, 0.25) is 5.02 Å². The first-order valence-electron chi connectivity index (χ1n) is 27.7. The number of unbranched alkanes of at least 4 members (excludes halogenated alkanes) is 1. The maximum Gasteiger partial charge on any atom is 0.416 e. The van der Waals surface area contributed by atoms with Crippen LogP contribution in [0.4, 0.5) is 27.2 Å². The number of nitrogens with one attached hydrogen (secondary N) is 3. The predicted octanol–water partition coefficient (Wildman–Crippen LogP) is 4.40. The van der Waals surface area contributed by atoms with Gasteiger partial charge in [0.1, 0.15) is 36.0 Å². The highest BCUT2D eigenvalue weighted by molar-refractivity contribution is 6.30. The number of aryl methyl sites for hydroxylation is 1. The second kappa shape index (κ2) is 32.0. The third-order valence-electron chi connectivity index (χ3n) is 14.8. The third-order valence-corrected chi connectivity index (χ3v) is 15.1. The molecule has 1 heterocycles. The van der Waals surface area contributed by atoms with Gasteiger partial charge in [0.2, 0.25) is 47.3 Å². The molecule has 13 amide bonds. The van der Waals surface area contributed by atoms with Gasteiger partial charge < -0.3 is 45.3 Å². The molecule has 0 radical (unpaired) electrons. The van der Waals surface area contributed by atoms with Crippen LogP contribution in [-0.4, -0.2) is 217 Å². The second-order valence-electron chi connectivity index (χ2n) is 21.8. The molecule has 84 heavy (non-hydrogen) atoms. The van der Waals surface area contributed by atoms with Crippen LogP contribution in [0, 0.1) is 17.7 Å². The van der Waals surface area contributed by atoms with Gasteiger partial charge in [-0.25, -0.2) is 18.9 Å². The molecule has 1 aliphatic heterocycles. The van der Waals surface area contributed by atoms with Crippen LogP contribution < -0.4 is 16.0 Å². The maximum atomic E-state index is 15.3. The third kappa shape index (κ3) is 19.9. The van der Waals surface area contributed by atoms with Gasteiger partial charge in [0.05, 0.1) is 25.2 Å². The molecule has 1 fully saturated rings. The van der Waals surface area contributed by atoms with E-state index in [1.807, 2.05) is 0 Å². The summed E-state index contributed by atoms with van der Waals surface area (Å²) in [5, 5.41) is 8.22. The van der Waals surface area contributed by atoms with Crippen LogP contribution in [0.1, 0.15) is 96.8 Å². The minimum Gasteiger partial charge on any atom is -0.354 e. The standard InChI is InChI=1S/C57H82ClF4N11O11/c1-14-16-27-73-52(80)42(24-20-38-19-21-39(30-41(38)59)57(60,61)62)64-45(74)31-67(8)53(81)44(29-37-17-22-40(58)23-18-37)70(11)48(77)33-66(7)47(76)32-68(9)54(82)49(35(5)15-2)65-50(78)36(6)69(10)46(75)25-26-63-51(79)43(28-34(3)4)71(12)55(83)72(13)56(73)84/h17-19,21-23,30,34-36,42-44,49H,14-16,20,24-29,31-33H2,1-13H3,(H,63,79)(H,64,74)(H,65,78)/t35-,36-,42+,43+,44-,49-/m0/s1. The molecule has 6 atom stereocenters. The van der Waals surface area contributed by atoms with Crippen molar-refractivity contribution in [1.29, 1.82) is 0 Å². The van der Waals surface area contributed by atoms with E-state index in [1.165, 1.54) is 49.2 Å². The van der Waals surface area contributed by atoms with Crippen molar-refractivity contribution in [3.05, 3.63) is 70.0 Å². The molecule has 0 spiro atoms. The number of alkyl halides is 3. The van der Waals surface area contributed by atoms with Crippen molar-refractivity contribution in [2.24, 2.45) is 11.8 Å². The average Bonchev–Trinajstić information content (AvgIpc) is 3.44. The number of urea groups is 2. The summed E-state index contributed by atoms with van der Waals surface area (Å²) in [4.78, 5) is 163. The highest BCUT2D eigenvalue weighted by atomic mass is 35.5. The summed E-state index contributed by atoms with van der Waals surface area (Å²) in [6, 6.07) is -0.855. The second-order valence-corrected chi connectivity index (χ2v) is 22.2. The fourth-order valence-corrected chi connectivity index (χ4v) is 9.11. The van der Waals surface area contributed by atoms with Crippen molar-refractivity contribution in [3.8, 4) is 0 Å². The van der Waals surface area contributed by atoms with Crippen molar-refractivity contribution in [2.75, 3.05) is 82.1 Å². The van der Waals surface area contributed by atoms with Gasteiger partial charge in [-0.05, 0) is 79.8 Å². The molecule has 466 valence electrons. The number of halogens is 5. The first kappa shape index (κ1) is 70.9. The summed E-state index contributed by atoms with van der Waals surface area (Å²) >= 11 is 6.15. The number of carbonyl (C=O) groups is 11. The van der Waals surface area contributed by atoms with Crippen LogP contribution in [0.3, 0.4) is 0 Å². The van der Waals surface area contributed by atoms with Crippen LogP contribution >= 0.6 is 11.6 Å². The summed E-state index contributed by atoms with van der Waals surface area (Å²) in [5.74, 6) is -9.01. The molecule has 0 aromatic heterocycles. The summed E-state index contributed by atoms with van der Waals surface area (Å²) < 4.78 is 55.9. The van der Waals surface area contributed by atoms with Crippen LogP contribution in [-0.2, 0) is 62.2 Å². The Morgan fingerprint density at radius 3 is 1.86 bits per heavy atom. The molecule has 3 N–H and O–H groups in total. The Morgan fingerprint density at radius 1 is 0.679 bits per heavy atom. The Morgan fingerprint density at radius 2 is 1.29 bits per heavy atom. The number of likely N-dealkylation sites (N-methyl/N-ethyl adjacent to an activating group) is 6. The van der Waals surface area contributed by atoms with E-state index in [0.717, 1.165) is 42.5 Å². The van der Waals surface area contributed by atoms with Crippen molar-refractivity contribution < 1.29 is 70.3 Å². The smallest absolute Gasteiger partial charge is 0.354 e. The van der Waals surface area contributed by atoms with E-state index >= 15 is 4.39 Å². The molecule has 22 nitrogen and oxygen atoms in total. The molecule has 1 saturated heterocycles. The van der Waals surface area contributed by atoms with Crippen molar-refractivity contribution in [3.63, 3.8) is 0 Å². The molecule has 0 bridgehead atoms. The van der Waals surface area contributed by atoms with Crippen LogP contribution in [0.5, 0.6) is 0 Å². The zero-order chi connectivity index (χ0) is 63.7. The zero-order valence-electron chi connectivity index (χ0n) is 50.2. The number of rotatable bonds is 12. The lowest BCUT2D eigenvalue weighted by Crippen LogP contribution is -2.59. The Kier molecular flexibility index (Phi) is 27.0. The molecule has 0 saturated carbocycles. The van der Waals surface area contributed by atoms with Gasteiger partial charge >= 0.3 is 18.2 Å². The van der Waals surface area contributed by atoms with E-state index in [-0.39, 0.29) is 56.3 Å². The number of hydrogen-bond acceptors (Lipinski definition) is 11. The lowest BCUT2D eigenvalue weighted by atomic mass is 9.97. The largest absolute Gasteiger partial charge is 0.416 e. The maximum absolute atomic E-state index is 15.3. The lowest BCUT2D eigenvalue weighted by molar-refractivity contribution is -0.148. The molecular weight excluding hydrogens is 1130 g/mol. The monoisotopic (exact) mass is 1210 g/mol. The summed E-state index contributed by atoms with van der Waals surface area (Å²) in [6.07, 6.45) is -5.33. The summed E-state index contributed by atoms with van der Waals surface area (Å²) in [7, 11) is 8.84. The first-order chi connectivity index (χ1) is 39.2. The number of imide groups is 2. The van der Waals surface area contributed by atoms with E-state index in [4.69, 9.17) is 11.6 Å². The molecule has 0 unspecified atom stereocenters. The molecule has 3 rings (SSSR count). The van der Waals surface area contributed by atoms with Crippen LogP contribution in [0.15, 0.2) is 42.5 Å².